The number of carbonyl (C=O) groups excluding carboxylic acids is 3. The van der Waals surface area contributed by atoms with E-state index in [0.29, 0.717) is 41.2 Å². The third-order valence-electron chi connectivity index (χ3n) is 6.14. The fourth-order valence-corrected chi connectivity index (χ4v) is 4.69. The van der Waals surface area contributed by atoms with Gasteiger partial charge in [-0.05, 0) is 43.0 Å². The smallest absolute Gasteiger partial charge is 0.330 e. The summed E-state index contributed by atoms with van der Waals surface area (Å²) in [7, 11) is 1.21. The van der Waals surface area contributed by atoms with Gasteiger partial charge in [0.15, 0.2) is 0 Å². The maximum Gasteiger partial charge on any atom is 0.330 e. The molecule has 2 amide bonds. The Morgan fingerprint density at radius 2 is 1.70 bits per heavy atom. The number of benzene rings is 1. The first-order chi connectivity index (χ1) is 20.8. The summed E-state index contributed by atoms with van der Waals surface area (Å²) >= 11 is 1.27. The lowest BCUT2D eigenvalue weighted by Gasteiger charge is -2.18. The van der Waals surface area contributed by atoms with Crippen molar-refractivity contribution in [2.45, 2.75) is 26.5 Å². The lowest BCUT2D eigenvalue weighted by Crippen LogP contribution is -2.49. The molecule has 1 aromatic carbocycles. The minimum Gasteiger partial charge on any atom is -0.473 e. The van der Waals surface area contributed by atoms with Gasteiger partial charge in [0, 0.05) is 19.2 Å². The Balaban J connectivity index is 1.32. The first kappa shape index (κ1) is 30.8. The highest BCUT2D eigenvalue weighted by Crippen LogP contribution is 2.15. The van der Waals surface area contributed by atoms with Crippen molar-refractivity contribution in [3.05, 3.63) is 105 Å². The number of hydrogen-bond donors (Lipinski definition) is 3. The van der Waals surface area contributed by atoms with Crippen LogP contribution in [-0.4, -0.2) is 59.0 Å². The number of nitrogens with one attached hydrogen (secondary N) is 3. The van der Waals surface area contributed by atoms with Gasteiger partial charge >= 0.3 is 5.97 Å². The van der Waals surface area contributed by atoms with E-state index in [9.17, 15) is 14.4 Å². The number of amides is 2. The molecule has 43 heavy (non-hydrogen) atoms. The molecule has 0 aliphatic carbocycles. The fourth-order valence-electron chi connectivity index (χ4n) is 4.04. The zero-order chi connectivity index (χ0) is 30.6. The van der Waals surface area contributed by atoms with Crippen LogP contribution >= 0.6 is 11.3 Å². The molecule has 222 valence electrons. The van der Waals surface area contributed by atoms with Crippen LogP contribution < -0.4 is 20.7 Å². The van der Waals surface area contributed by atoms with E-state index in [1.807, 2.05) is 60.7 Å². The first-order valence-corrected chi connectivity index (χ1v) is 14.3. The van der Waals surface area contributed by atoms with Crippen LogP contribution in [0.5, 0.6) is 5.88 Å². The van der Waals surface area contributed by atoms with Crippen LogP contribution in [0.1, 0.15) is 42.7 Å². The Hall–Kier alpha value is -5.10. The summed E-state index contributed by atoms with van der Waals surface area (Å²) in [6, 6.07) is 17.8. The number of ether oxygens (including phenoxy) is 2. The molecule has 0 saturated carbocycles. The molecule has 0 aliphatic rings. The number of aryl methyl sites for hydroxylation is 2. The van der Waals surface area contributed by atoms with Crippen molar-refractivity contribution < 1.29 is 23.9 Å². The summed E-state index contributed by atoms with van der Waals surface area (Å²) in [4.78, 5) is 51.5. The molecular formula is C31H32N6O5S. The second kappa shape index (κ2) is 15.2. The van der Waals surface area contributed by atoms with E-state index < -0.39 is 17.9 Å². The molecule has 0 spiro atoms. The number of methoxy groups -OCH3 is 1. The molecule has 0 saturated heterocycles. The molecule has 1 atom stereocenters. The van der Waals surface area contributed by atoms with Crippen molar-refractivity contribution in [3.63, 3.8) is 0 Å². The molecule has 4 rings (SSSR count). The normalized spacial score (nSPS) is 11.5. The third kappa shape index (κ3) is 8.94. The molecular weight excluding hydrogens is 568 g/mol. The summed E-state index contributed by atoms with van der Waals surface area (Å²) in [6.07, 6.45) is 3.73. The topological polar surface area (TPSA) is 144 Å². The molecule has 0 aliphatic heterocycles. The van der Waals surface area contributed by atoms with E-state index in [4.69, 9.17) is 9.47 Å². The van der Waals surface area contributed by atoms with Gasteiger partial charge in [0.2, 0.25) is 11.8 Å². The SMILES string of the molecule is COC(=O)[C@H](CNC(=O)c1cccs1)NC(=O)c1c(C)nc(NCC=Cc2cccc(OCc3ccccc3)n2)nc1C. The Labute approximate surface area is 253 Å². The van der Waals surface area contributed by atoms with Gasteiger partial charge in [0.1, 0.15) is 12.6 Å². The Morgan fingerprint density at radius 1 is 0.930 bits per heavy atom. The Bertz CT molecular complexity index is 1550. The third-order valence-corrected chi connectivity index (χ3v) is 7.01. The van der Waals surface area contributed by atoms with E-state index in [2.05, 4.69) is 30.9 Å². The van der Waals surface area contributed by atoms with Crippen LogP contribution in [0, 0.1) is 13.8 Å². The van der Waals surface area contributed by atoms with Crippen LogP contribution in [0.15, 0.2) is 72.1 Å². The summed E-state index contributed by atoms with van der Waals surface area (Å²) < 4.78 is 10.6. The molecule has 0 fully saturated rings. The van der Waals surface area contributed by atoms with E-state index in [1.54, 1.807) is 31.4 Å². The maximum atomic E-state index is 13.1. The lowest BCUT2D eigenvalue weighted by molar-refractivity contribution is -0.142. The highest BCUT2D eigenvalue weighted by molar-refractivity contribution is 7.12. The number of carbonyl (C=O) groups is 3. The minimum absolute atomic E-state index is 0.142. The van der Waals surface area contributed by atoms with Gasteiger partial charge in [-0.25, -0.2) is 19.7 Å². The monoisotopic (exact) mass is 600 g/mol. The van der Waals surface area contributed by atoms with E-state index in [0.717, 1.165) is 11.3 Å². The average molecular weight is 601 g/mol. The molecule has 3 aromatic heterocycles. The molecule has 3 N–H and O–H groups in total. The summed E-state index contributed by atoms with van der Waals surface area (Å²) in [5.74, 6) is -0.719. The van der Waals surface area contributed by atoms with E-state index in [1.165, 1.54) is 18.4 Å². The van der Waals surface area contributed by atoms with Crippen LogP contribution in [0.3, 0.4) is 0 Å². The Morgan fingerprint density at radius 3 is 2.40 bits per heavy atom. The zero-order valence-corrected chi connectivity index (χ0v) is 24.8. The van der Waals surface area contributed by atoms with Crippen LogP contribution in [0.25, 0.3) is 6.08 Å². The number of aromatic nitrogens is 3. The van der Waals surface area contributed by atoms with Crippen molar-refractivity contribution in [2.24, 2.45) is 0 Å². The molecule has 4 aromatic rings. The second-order valence-electron chi connectivity index (χ2n) is 9.29. The predicted molar refractivity (Wildman–Crippen MR) is 164 cm³/mol. The number of nitrogens with zero attached hydrogens (tertiary/aromatic N) is 3. The fraction of sp³-hybridized carbons (Fsp3) is 0.226. The van der Waals surface area contributed by atoms with Gasteiger partial charge in [0.25, 0.3) is 11.8 Å². The van der Waals surface area contributed by atoms with Gasteiger partial charge in [-0.15, -0.1) is 11.3 Å². The Kier molecular flexibility index (Phi) is 10.9. The largest absolute Gasteiger partial charge is 0.473 e. The standard InChI is InChI=1S/C31H32N6O5S/c1-20-27(29(39)37-24(30(40)41-3)18-33-28(38)25-14-9-17-43-25)21(2)35-31(34-20)32-16-8-13-23-12-7-15-26(36-23)42-19-22-10-5-4-6-11-22/h4-15,17,24H,16,18-19H2,1-3H3,(H,33,38)(H,37,39)(H,32,34,35)/t24-/m0/s1. The maximum absolute atomic E-state index is 13.1. The highest BCUT2D eigenvalue weighted by atomic mass is 32.1. The van der Waals surface area contributed by atoms with Gasteiger partial charge in [-0.2, -0.15) is 0 Å². The van der Waals surface area contributed by atoms with Gasteiger partial charge in [-0.1, -0.05) is 48.5 Å². The zero-order valence-electron chi connectivity index (χ0n) is 24.0. The lowest BCUT2D eigenvalue weighted by atomic mass is 10.1. The molecule has 0 bridgehead atoms. The minimum atomic E-state index is -1.10. The van der Waals surface area contributed by atoms with Crippen molar-refractivity contribution in [1.29, 1.82) is 0 Å². The van der Waals surface area contributed by atoms with Gasteiger partial charge < -0.3 is 25.4 Å². The molecule has 11 nitrogen and oxygen atoms in total. The molecule has 0 radical (unpaired) electrons. The number of hydrogen-bond acceptors (Lipinski definition) is 10. The number of pyridine rings is 1. The van der Waals surface area contributed by atoms with Gasteiger partial charge in [0.05, 0.1) is 34.6 Å². The number of rotatable bonds is 13. The van der Waals surface area contributed by atoms with Crippen LogP contribution in [-0.2, 0) is 16.1 Å². The molecule has 0 unspecified atom stereocenters. The predicted octanol–water partition coefficient (Wildman–Crippen LogP) is 3.96. The van der Waals surface area contributed by atoms with Crippen LogP contribution in [0.4, 0.5) is 5.95 Å². The number of anilines is 1. The van der Waals surface area contributed by atoms with Gasteiger partial charge in [-0.3, -0.25) is 9.59 Å². The first-order valence-electron chi connectivity index (χ1n) is 13.4. The highest BCUT2D eigenvalue weighted by Gasteiger charge is 2.25. The summed E-state index contributed by atoms with van der Waals surface area (Å²) in [6.45, 7) is 4.07. The second-order valence-corrected chi connectivity index (χ2v) is 10.2. The van der Waals surface area contributed by atoms with Crippen LogP contribution in [0.2, 0.25) is 0 Å². The van der Waals surface area contributed by atoms with Crippen molar-refractivity contribution in [2.75, 3.05) is 25.5 Å². The van der Waals surface area contributed by atoms with E-state index >= 15 is 0 Å². The van der Waals surface area contributed by atoms with Crippen molar-refractivity contribution in [3.8, 4) is 5.88 Å². The summed E-state index contributed by atoms with van der Waals surface area (Å²) in [5.41, 5.74) is 2.88. The van der Waals surface area contributed by atoms with E-state index in [-0.39, 0.29) is 18.0 Å². The number of thiophene rings is 1. The number of esters is 1. The summed E-state index contributed by atoms with van der Waals surface area (Å²) in [5, 5.41) is 10.2. The quantitative estimate of drug-likeness (QED) is 0.194. The van der Waals surface area contributed by atoms with Crippen molar-refractivity contribution >= 4 is 41.1 Å². The molecule has 12 heteroatoms. The average Bonchev–Trinajstić information content (AvgIpc) is 3.56. The molecule has 3 heterocycles. The van der Waals surface area contributed by atoms with Crippen molar-refractivity contribution in [1.82, 2.24) is 25.6 Å².